The van der Waals surface area contributed by atoms with E-state index in [1.54, 1.807) is 0 Å². The quantitative estimate of drug-likeness (QED) is 0.550. The molecule has 1 atom stereocenters. The molecule has 0 amide bonds. The minimum atomic E-state index is 0.0441. The summed E-state index contributed by atoms with van der Waals surface area (Å²) in [4.78, 5) is 0. The lowest BCUT2D eigenvalue weighted by molar-refractivity contribution is 0.107. The summed E-state index contributed by atoms with van der Waals surface area (Å²) in [6.07, 6.45) is 1.22. The van der Waals surface area contributed by atoms with Gasteiger partial charge in [-0.2, -0.15) is 11.8 Å². The van der Waals surface area contributed by atoms with E-state index in [1.165, 1.54) is 12.2 Å². The van der Waals surface area contributed by atoms with Crippen molar-refractivity contribution in [3.05, 3.63) is 12.2 Å². The van der Waals surface area contributed by atoms with Gasteiger partial charge in [-0.1, -0.05) is 26.0 Å². The second-order valence-electron chi connectivity index (χ2n) is 5.91. The van der Waals surface area contributed by atoms with Crippen LogP contribution in [0.5, 0.6) is 0 Å². The first-order valence-electron chi connectivity index (χ1n) is 6.68. The van der Waals surface area contributed by atoms with E-state index in [1.807, 2.05) is 18.7 Å². The third-order valence-electron chi connectivity index (χ3n) is 3.92. The zero-order valence-electron chi connectivity index (χ0n) is 12.1. The van der Waals surface area contributed by atoms with Crippen LogP contribution in [0.15, 0.2) is 12.2 Å². The van der Waals surface area contributed by atoms with Crippen LogP contribution >= 0.6 is 11.8 Å². The number of ether oxygens (including phenoxy) is 1. The maximum Gasteiger partial charge on any atom is 0.0672 e. The number of hydrogen-bond acceptors (Lipinski definition) is 4. The highest BCUT2D eigenvalue weighted by atomic mass is 32.2. The molecule has 3 N–H and O–H groups in total. The SMILES string of the molecule is C=C(C)COCCNC1(CN)CSCCC1(C)C. The third-order valence-corrected chi connectivity index (χ3v) is 5.11. The molecule has 0 radical (unpaired) electrons. The summed E-state index contributed by atoms with van der Waals surface area (Å²) in [7, 11) is 0. The van der Waals surface area contributed by atoms with Crippen molar-refractivity contribution < 1.29 is 4.74 Å². The van der Waals surface area contributed by atoms with Gasteiger partial charge in [0.1, 0.15) is 0 Å². The topological polar surface area (TPSA) is 47.3 Å². The Balaban J connectivity index is 2.42. The molecule has 0 aromatic rings. The number of nitrogens with one attached hydrogen (secondary N) is 1. The van der Waals surface area contributed by atoms with Crippen LogP contribution in [0, 0.1) is 5.41 Å². The van der Waals surface area contributed by atoms with E-state index in [2.05, 4.69) is 25.7 Å². The van der Waals surface area contributed by atoms with Crippen LogP contribution in [0.1, 0.15) is 27.2 Å². The summed E-state index contributed by atoms with van der Waals surface area (Å²) in [6.45, 7) is 13.4. The van der Waals surface area contributed by atoms with Crippen molar-refractivity contribution >= 4 is 11.8 Å². The Morgan fingerprint density at radius 2 is 2.22 bits per heavy atom. The summed E-state index contributed by atoms with van der Waals surface area (Å²) in [5, 5.41) is 3.65. The number of rotatable bonds is 7. The molecule has 1 heterocycles. The smallest absolute Gasteiger partial charge is 0.0672 e. The predicted molar refractivity (Wildman–Crippen MR) is 81.1 cm³/mol. The molecular weight excluding hydrogens is 244 g/mol. The molecule has 0 bridgehead atoms. The van der Waals surface area contributed by atoms with Gasteiger partial charge in [-0.3, -0.25) is 0 Å². The predicted octanol–water partition coefficient (Wildman–Crippen LogP) is 2.03. The van der Waals surface area contributed by atoms with Crippen LogP contribution in [-0.2, 0) is 4.74 Å². The molecule has 1 saturated heterocycles. The molecule has 0 saturated carbocycles. The zero-order valence-corrected chi connectivity index (χ0v) is 12.9. The van der Waals surface area contributed by atoms with E-state index in [4.69, 9.17) is 10.5 Å². The highest BCUT2D eigenvalue weighted by molar-refractivity contribution is 7.99. The van der Waals surface area contributed by atoms with Crippen molar-refractivity contribution in [2.45, 2.75) is 32.7 Å². The van der Waals surface area contributed by atoms with E-state index in [9.17, 15) is 0 Å². The van der Waals surface area contributed by atoms with Crippen LogP contribution in [0.25, 0.3) is 0 Å². The first-order valence-corrected chi connectivity index (χ1v) is 7.84. The molecule has 1 aliphatic heterocycles. The first-order chi connectivity index (χ1) is 8.43. The van der Waals surface area contributed by atoms with Gasteiger partial charge >= 0.3 is 0 Å². The molecule has 0 aromatic heterocycles. The third kappa shape index (κ3) is 3.98. The van der Waals surface area contributed by atoms with Crippen LogP contribution in [-0.4, -0.2) is 43.3 Å². The van der Waals surface area contributed by atoms with Gasteiger partial charge in [-0.05, 0) is 24.5 Å². The molecule has 1 aliphatic rings. The largest absolute Gasteiger partial charge is 0.376 e. The van der Waals surface area contributed by atoms with Crippen molar-refractivity contribution in [3.8, 4) is 0 Å². The number of thioether (sulfide) groups is 1. The fraction of sp³-hybridized carbons (Fsp3) is 0.857. The van der Waals surface area contributed by atoms with Crippen LogP contribution in [0.3, 0.4) is 0 Å². The normalized spacial score (nSPS) is 27.1. The first kappa shape index (κ1) is 16.0. The fourth-order valence-electron chi connectivity index (χ4n) is 2.31. The summed E-state index contributed by atoms with van der Waals surface area (Å²) in [5.74, 6) is 2.33. The van der Waals surface area contributed by atoms with Gasteiger partial charge in [-0.25, -0.2) is 0 Å². The average Bonchev–Trinajstić information content (AvgIpc) is 2.30. The van der Waals surface area contributed by atoms with Crippen LogP contribution in [0.4, 0.5) is 0 Å². The van der Waals surface area contributed by atoms with E-state index in [0.29, 0.717) is 13.2 Å². The average molecular weight is 272 g/mol. The Kier molecular flexibility index (Phi) is 6.18. The molecule has 1 fully saturated rings. The van der Waals surface area contributed by atoms with E-state index in [-0.39, 0.29) is 11.0 Å². The van der Waals surface area contributed by atoms with Crippen molar-refractivity contribution in [2.24, 2.45) is 11.1 Å². The highest BCUT2D eigenvalue weighted by Crippen LogP contribution is 2.41. The highest BCUT2D eigenvalue weighted by Gasteiger charge is 2.45. The number of hydrogen-bond donors (Lipinski definition) is 2. The fourth-order valence-corrected chi connectivity index (χ4v) is 4.07. The lowest BCUT2D eigenvalue weighted by Gasteiger charge is -2.50. The van der Waals surface area contributed by atoms with Gasteiger partial charge in [-0.15, -0.1) is 0 Å². The molecule has 0 aromatic carbocycles. The maximum atomic E-state index is 6.05. The zero-order chi connectivity index (χ0) is 13.6. The summed E-state index contributed by atoms with van der Waals surface area (Å²) in [6, 6.07) is 0. The summed E-state index contributed by atoms with van der Waals surface area (Å²) in [5.41, 5.74) is 7.41. The van der Waals surface area contributed by atoms with Crippen LogP contribution in [0.2, 0.25) is 0 Å². The van der Waals surface area contributed by atoms with Crippen LogP contribution < -0.4 is 11.1 Å². The molecule has 1 rings (SSSR count). The molecule has 1 unspecified atom stereocenters. The lowest BCUT2D eigenvalue weighted by atomic mass is 9.71. The van der Waals surface area contributed by atoms with Gasteiger partial charge < -0.3 is 15.8 Å². The van der Waals surface area contributed by atoms with Crippen molar-refractivity contribution in [2.75, 3.05) is 37.8 Å². The lowest BCUT2D eigenvalue weighted by Crippen LogP contribution is -2.64. The molecule has 106 valence electrons. The Morgan fingerprint density at radius 3 is 2.78 bits per heavy atom. The second-order valence-corrected chi connectivity index (χ2v) is 7.01. The monoisotopic (exact) mass is 272 g/mol. The van der Waals surface area contributed by atoms with Gasteiger partial charge in [0, 0.05) is 24.4 Å². The Morgan fingerprint density at radius 1 is 1.50 bits per heavy atom. The van der Waals surface area contributed by atoms with Gasteiger partial charge in [0.25, 0.3) is 0 Å². The van der Waals surface area contributed by atoms with Gasteiger partial charge in [0.05, 0.1) is 13.2 Å². The van der Waals surface area contributed by atoms with Gasteiger partial charge in [0.15, 0.2) is 0 Å². The Labute approximate surface area is 116 Å². The molecule has 18 heavy (non-hydrogen) atoms. The standard InChI is InChI=1S/C14H28N2OS/c1-12(2)9-17-7-6-16-14(10-15)11-18-8-5-13(14,3)4/h16H,1,5-11,15H2,2-4H3. The van der Waals surface area contributed by atoms with Crippen molar-refractivity contribution in [3.63, 3.8) is 0 Å². The molecule has 4 heteroatoms. The Bertz CT molecular complexity index is 281. The summed E-state index contributed by atoms with van der Waals surface area (Å²) >= 11 is 2.00. The summed E-state index contributed by atoms with van der Waals surface area (Å²) < 4.78 is 5.53. The minimum absolute atomic E-state index is 0.0441. The van der Waals surface area contributed by atoms with Gasteiger partial charge in [0.2, 0.25) is 0 Å². The van der Waals surface area contributed by atoms with Crippen molar-refractivity contribution in [1.29, 1.82) is 0 Å². The second kappa shape index (κ2) is 6.94. The molecule has 0 spiro atoms. The Hall–Kier alpha value is -0.0300. The van der Waals surface area contributed by atoms with E-state index >= 15 is 0 Å². The minimum Gasteiger partial charge on any atom is -0.376 e. The maximum absolute atomic E-state index is 6.05. The molecular formula is C14H28N2OS. The van der Waals surface area contributed by atoms with E-state index < -0.39 is 0 Å². The number of nitrogens with two attached hydrogens (primary N) is 1. The molecule has 3 nitrogen and oxygen atoms in total. The van der Waals surface area contributed by atoms with Crippen molar-refractivity contribution in [1.82, 2.24) is 5.32 Å². The van der Waals surface area contributed by atoms with E-state index in [0.717, 1.165) is 24.5 Å². The molecule has 0 aliphatic carbocycles.